The Balaban J connectivity index is 2.17. The molecule has 0 aromatic heterocycles. The summed E-state index contributed by atoms with van der Waals surface area (Å²) in [5.41, 5.74) is 2.59. The Morgan fingerprint density at radius 3 is 3.00 bits per heavy atom. The SMILES string of the molecule is CN(C)C(=O)Oc1ccc2c(c1)CCN[C@@H]2CCBr. The standard InChI is InChI=1S/C14H19BrN2O2/c1-17(2)14(18)19-11-3-4-12-10(9-11)6-8-16-13(12)5-7-15/h3-4,9,13,16H,5-8H2,1-2H3/t13-/m1/s1. The highest BCUT2D eigenvalue weighted by Crippen LogP contribution is 2.29. The molecule has 0 spiro atoms. The quantitative estimate of drug-likeness (QED) is 0.868. The molecule has 5 heteroatoms. The number of rotatable bonds is 3. The van der Waals surface area contributed by atoms with E-state index in [1.54, 1.807) is 14.1 Å². The van der Waals surface area contributed by atoms with Gasteiger partial charge in [-0.2, -0.15) is 0 Å². The minimum absolute atomic E-state index is 0.342. The highest BCUT2D eigenvalue weighted by atomic mass is 79.9. The van der Waals surface area contributed by atoms with E-state index >= 15 is 0 Å². The summed E-state index contributed by atoms with van der Waals surface area (Å²) in [5.74, 6) is 0.622. The summed E-state index contributed by atoms with van der Waals surface area (Å²) in [6, 6.07) is 6.31. The van der Waals surface area contributed by atoms with Crippen LogP contribution in [0.4, 0.5) is 4.79 Å². The lowest BCUT2D eigenvalue weighted by atomic mass is 9.93. The summed E-state index contributed by atoms with van der Waals surface area (Å²) in [6.45, 7) is 0.968. The van der Waals surface area contributed by atoms with Crippen molar-refractivity contribution in [2.75, 3.05) is 26.0 Å². The van der Waals surface area contributed by atoms with Gasteiger partial charge in [-0.1, -0.05) is 22.0 Å². The van der Waals surface area contributed by atoms with Crippen LogP contribution < -0.4 is 10.1 Å². The first kappa shape index (κ1) is 14.3. The van der Waals surface area contributed by atoms with Gasteiger partial charge in [-0.15, -0.1) is 0 Å². The zero-order valence-corrected chi connectivity index (χ0v) is 12.9. The fourth-order valence-corrected chi connectivity index (χ4v) is 2.71. The van der Waals surface area contributed by atoms with Gasteiger partial charge in [0.1, 0.15) is 5.75 Å². The molecule has 0 saturated heterocycles. The Labute approximate surface area is 122 Å². The second-order valence-electron chi connectivity index (χ2n) is 4.86. The Bertz CT molecular complexity index is 463. The maximum atomic E-state index is 11.5. The van der Waals surface area contributed by atoms with Gasteiger partial charge in [0.2, 0.25) is 0 Å². The number of fused-ring (bicyclic) bond motifs is 1. The van der Waals surface area contributed by atoms with E-state index in [9.17, 15) is 4.79 Å². The van der Waals surface area contributed by atoms with Crippen molar-refractivity contribution in [2.24, 2.45) is 0 Å². The van der Waals surface area contributed by atoms with E-state index in [2.05, 4.69) is 27.3 Å². The first-order valence-electron chi connectivity index (χ1n) is 6.43. The molecule has 1 aliphatic rings. The Kier molecular flexibility index (Phi) is 4.82. The molecule has 0 aliphatic carbocycles. The van der Waals surface area contributed by atoms with Gasteiger partial charge in [0, 0.05) is 25.5 Å². The second kappa shape index (κ2) is 6.39. The van der Waals surface area contributed by atoms with Crippen LogP contribution in [0.15, 0.2) is 18.2 Å². The number of nitrogens with one attached hydrogen (secondary N) is 1. The van der Waals surface area contributed by atoms with E-state index in [1.165, 1.54) is 16.0 Å². The van der Waals surface area contributed by atoms with E-state index in [-0.39, 0.29) is 6.09 Å². The maximum Gasteiger partial charge on any atom is 0.414 e. The Morgan fingerprint density at radius 2 is 2.32 bits per heavy atom. The fraction of sp³-hybridized carbons (Fsp3) is 0.500. The number of hydrogen-bond acceptors (Lipinski definition) is 3. The molecule has 0 unspecified atom stereocenters. The van der Waals surface area contributed by atoms with Crippen LogP contribution >= 0.6 is 15.9 Å². The van der Waals surface area contributed by atoms with Crippen LogP contribution in [-0.2, 0) is 6.42 Å². The zero-order chi connectivity index (χ0) is 13.8. The fourth-order valence-electron chi connectivity index (χ4n) is 2.25. The molecule has 1 heterocycles. The van der Waals surface area contributed by atoms with E-state index < -0.39 is 0 Å². The molecule has 1 aromatic rings. The van der Waals surface area contributed by atoms with Crippen LogP contribution in [0.5, 0.6) is 5.75 Å². The van der Waals surface area contributed by atoms with Crippen molar-refractivity contribution in [3.05, 3.63) is 29.3 Å². The number of hydrogen-bond donors (Lipinski definition) is 1. The lowest BCUT2D eigenvalue weighted by Gasteiger charge is -2.27. The molecule has 0 saturated carbocycles. The van der Waals surface area contributed by atoms with Crippen molar-refractivity contribution >= 4 is 22.0 Å². The lowest BCUT2D eigenvalue weighted by Crippen LogP contribution is -2.30. The Hall–Kier alpha value is -1.07. The van der Waals surface area contributed by atoms with Crippen molar-refractivity contribution in [1.82, 2.24) is 10.2 Å². The number of benzene rings is 1. The molecule has 4 nitrogen and oxygen atoms in total. The highest BCUT2D eigenvalue weighted by molar-refractivity contribution is 9.09. The molecule has 0 radical (unpaired) electrons. The summed E-state index contributed by atoms with van der Waals surface area (Å²) in [5, 5.41) is 4.48. The number of ether oxygens (including phenoxy) is 1. The maximum absolute atomic E-state index is 11.5. The van der Waals surface area contributed by atoms with E-state index in [1.807, 2.05) is 12.1 Å². The van der Waals surface area contributed by atoms with Gasteiger partial charge in [0.15, 0.2) is 0 Å². The number of alkyl halides is 1. The number of halogens is 1. The van der Waals surface area contributed by atoms with Crippen LogP contribution in [0.3, 0.4) is 0 Å². The summed E-state index contributed by atoms with van der Waals surface area (Å²) >= 11 is 3.49. The molecule has 104 valence electrons. The number of nitrogens with zero attached hydrogens (tertiary/aromatic N) is 1. The summed E-state index contributed by atoms with van der Waals surface area (Å²) in [4.78, 5) is 13.0. The van der Waals surface area contributed by atoms with Crippen molar-refractivity contribution in [1.29, 1.82) is 0 Å². The smallest absolute Gasteiger partial charge is 0.410 e. The minimum atomic E-state index is -0.342. The first-order valence-corrected chi connectivity index (χ1v) is 7.55. The molecule has 0 bridgehead atoms. The predicted octanol–water partition coefficient (Wildman–Crippen LogP) is 2.72. The monoisotopic (exact) mass is 326 g/mol. The molecule has 1 amide bonds. The number of carbonyl (C=O) groups excluding carboxylic acids is 1. The average molecular weight is 327 g/mol. The third kappa shape index (κ3) is 3.48. The van der Waals surface area contributed by atoms with Crippen molar-refractivity contribution in [3.8, 4) is 5.75 Å². The summed E-state index contributed by atoms with van der Waals surface area (Å²) in [7, 11) is 3.35. The van der Waals surface area contributed by atoms with Gasteiger partial charge >= 0.3 is 6.09 Å². The van der Waals surface area contributed by atoms with E-state index in [0.29, 0.717) is 11.8 Å². The number of carbonyl (C=O) groups is 1. The van der Waals surface area contributed by atoms with Crippen molar-refractivity contribution in [2.45, 2.75) is 18.9 Å². The average Bonchev–Trinajstić information content (AvgIpc) is 2.39. The largest absolute Gasteiger partial charge is 0.414 e. The molecule has 19 heavy (non-hydrogen) atoms. The first-order chi connectivity index (χ1) is 9.11. The molecule has 1 atom stereocenters. The van der Waals surface area contributed by atoms with Gasteiger partial charge in [0.05, 0.1) is 0 Å². The van der Waals surface area contributed by atoms with Crippen LogP contribution in [0.1, 0.15) is 23.6 Å². The Morgan fingerprint density at radius 1 is 1.53 bits per heavy atom. The molecule has 1 N–H and O–H groups in total. The molecule has 2 rings (SSSR count). The second-order valence-corrected chi connectivity index (χ2v) is 5.65. The van der Waals surface area contributed by atoms with E-state index in [0.717, 1.165) is 24.7 Å². The lowest BCUT2D eigenvalue weighted by molar-refractivity contribution is 0.172. The molecule has 1 aliphatic heterocycles. The normalized spacial score (nSPS) is 17.7. The topological polar surface area (TPSA) is 41.6 Å². The van der Waals surface area contributed by atoms with Crippen molar-refractivity contribution < 1.29 is 9.53 Å². The van der Waals surface area contributed by atoms with E-state index in [4.69, 9.17) is 4.74 Å². The van der Waals surface area contributed by atoms with Gasteiger partial charge in [-0.25, -0.2) is 4.79 Å². The van der Waals surface area contributed by atoms with Crippen LogP contribution in [0.2, 0.25) is 0 Å². The van der Waals surface area contributed by atoms with Crippen molar-refractivity contribution in [3.63, 3.8) is 0 Å². The predicted molar refractivity (Wildman–Crippen MR) is 79.0 cm³/mol. The third-order valence-electron chi connectivity index (χ3n) is 3.24. The molecular weight excluding hydrogens is 308 g/mol. The van der Waals surface area contributed by atoms with Gasteiger partial charge in [-0.3, -0.25) is 0 Å². The van der Waals surface area contributed by atoms with Gasteiger partial charge in [0.25, 0.3) is 0 Å². The van der Waals surface area contributed by atoms with Crippen LogP contribution in [0, 0.1) is 0 Å². The zero-order valence-electron chi connectivity index (χ0n) is 11.3. The number of amides is 1. The van der Waals surface area contributed by atoms with Gasteiger partial charge in [-0.05, 0) is 42.6 Å². The summed E-state index contributed by atoms with van der Waals surface area (Å²) in [6.07, 6.45) is 1.69. The third-order valence-corrected chi connectivity index (χ3v) is 3.70. The van der Waals surface area contributed by atoms with Crippen LogP contribution in [0.25, 0.3) is 0 Å². The minimum Gasteiger partial charge on any atom is -0.410 e. The van der Waals surface area contributed by atoms with Gasteiger partial charge < -0.3 is 15.0 Å². The molecule has 0 fully saturated rings. The molecule has 1 aromatic carbocycles. The summed E-state index contributed by atoms with van der Waals surface area (Å²) < 4.78 is 5.29. The molecular formula is C14H19BrN2O2. The van der Waals surface area contributed by atoms with Crippen LogP contribution in [-0.4, -0.2) is 37.0 Å². The highest BCUT2D eigenvalue weighted by Gasteiger charge is 2.20.